The number of nitrogens with zero attached hydrogens (tertiary/aromatic N) is 2. The van der Waals surface area contributed by atoms with Crippen molar-refractivity contribution in [2.75, 3.05) is 36.8 Å². The zero-order valence-electron chi connectivity index (χ0n) is 18.8. The van der Waals surface area contributed by atoms with Crippen molar-refractivity contribution >= 4 is 29.2 Å². The number of hydrogen-bond donors (Lipinski definition) is 3. The third-order valence-electron chi connectivity index (χ3n) is 6.31. The Balaban J connectivity index is 1.42. The van der Waals surface area contributed by atoms with Crippen LogP contribution in [-0.4, -0.2) is 54.0 Å². The molecule has 1 aliphatic heterocycles. The number of nitrogens with one attached hydrogen (secondary N) is 1. The number of nitrogen functional groups attached to an aromatic ring is 1. The first-order valence-corrected chi connectivity index (χ1v) is 11.3. The largest absolute Gasteiger partial charge is 0.481 e. The highest BCUT2D eigenvalue weighted by Crippen LogP contribution is 2.32. The van der Waals surface area contributed by atoms with E-state index in [4.69, 9.17) is 5.73 Å². The van der Waals surface area contributed by atoms with E-state index in [1.165, 1.54) is 0 Å². The monoisotopic (exact) mass is 450 g/mol. The van der Waals surface area contributed by atoms with E-state index in [0.29, 0.717) is 37.4 Å². The molecule has 0 spiro atoms. The summed E-state index contributed by atoms with van der Waals surface area (Å²) in [6, 6.07) is 11.9. The van der Waals surface area contributed by atoms with Gasteiger partial charge in [0.05, 0.1) is 23.8 Å². The van der Waals surface area contributed by atoms with Crippen molar-refractivity contribution in [3.8, 4) is 0 Å². The lowest BCUT2D eigenvalue weighted by atomic mass is 10.0. The molecule has 2 aliphatic rings. The number of hydrogen-bond acceptors (Lipinski definition) is 5. The van der Waals surface area contributed by atoms with Crippen LogP contribution in [-0.2, 0) is 9.59 Å². The van der Waals surface area contributed by atoms with E-state index in [1.54, 1.807) is 12.1 Å². The molecule has 0 bridgehead atoms. The molecular weight excluding hydrogens is 420 g/mol. The predicted molar refractivity (Wildman–Crippen MR) is 126 cm³/mol. The van der Waals surface area contributed by atoms with Gasteiger partial charge in [0.25, 0.3) is 5.91 Å². The number of aryl methyl sites for hydroxylation is 1. The Bertz CT molecular complexity index is 1040. The van der Waals surface area contributed by atoms with Crippen molar-refractivity contribution in [2.45, 2.75) is 32.2 Å². The normalized spacial score (nSPS) is 16.9. The van der Waals surface area contributed by atoms with Crippen molar-refractivity contribution < 1.29 is 19.5 Å². The number of carbonyl (C=O) groups is 3. The molecule has 2 amide bonds. The van der Waals surface area contributed by atoms with E-state index in [-0.39, 0.29) is 24.2 Å². The maximum atomic E-state index is 12.9. The van der Waals surface area contributed by atoms with Crippen LogP contribution in [0.5, 0.6) is 0 Å². The lowest BCUT2D eigenvalue weighted by Gasteiger charge is -2.36. The molecule has 2 fully saturated rings. The molecule has 33 heavy (non-hydrogen) atoms. The average molecular weight is 451 g/mol. The van der Waals surface area contributed by atoms with E-state index >= 15 is 0 Å². The third-order valence-corrected chi connectivity index (χ3v) is 6.31. The van der Waals surface area contributed by atoms with Crippen LogP contribution in [0.1, 0.15) is 46.8 Å². The first kappa shape index (κ1) is 22.6. The highest BCUT2D eigenvalue weighted by Gasteiger charge is 2.34. The fourth-order valence-electron chi connectivity index (χ4n) is 4.21. The van der Waals surface area contributed by atoms with Crippen LogP contribution in [0.15, 0.2) is 42.5 Å². The van der Waals surface area contributed by atoms with Crippen molar-refractivity contribution in [2.24, 2.45) is 5.92 Å². The van der Waals surface area contributed by atoms with Crippen LogP contribution < -0.4 is 16.0 Å². The summed E-state index contributed by atoms with van der Waals surface area (Å²) in [6.07, 6.45) is 1.80. The molecule has 1 unspecified atom stereocenters. The first-order chi connectivity index (χ1) is 15.8. The SMILES string of the molecule is Cc1ccc(C(CC(=O)O)NC(=O)c2ccc(N3CCN(C(=O)C4CC4)CC3)c(N)c2)cc1. The lowest BCUT2D eigenvalue weighted by Crippen LogP contribution is -2.49. The fourth-order valence-corrected chi connectivity index (χ4v) is 4.21. The van der Waals surface area contributed by atoms with Crippen molar-refractivity contribution in [3.63, 3.8) is 0 Å². The Morgan fingerprint density at radius 3 is 2.30 bits per heavy atom. The molecule has 1 aliphatic carbocycles. The molecule has 1 saturated heterocycles. The minimum atomic E-state index is -0.991. The topological polar surface area (TPSA) is 116 Å². The number of carbonyl (C=O) groups excluding carboxylic acids is 2. The molecular formula is C25H30N4O4. The number of carboxylic acids is 1. The van der Waals surface area contributed by atoms with Crippen molar-refractivity contribution in [1.29, 1.82) is 0 Å². The Morgan fingerprint density at radius 2 is 1.73 bits per heavy atom. The fraction of sp³-hybridized carbons (Fsp3) is 0.400. The second-order valence-electron chi connectivity index (χ2n) is 8.89. The van der Waals surface area contributed by atoms with Crippen LogP contribution >= 0.6 is 0 Å². The van der Waals surface area contributed by atoms with Crippen LogP contribution in [0.2, 0.25) is 0 Å². The van der Waals surface area contributed by atoms with Crippen molar-refractivity contribution in [3.05, 3.63) is 59.2 Å². The predicted octanol–water partition coefficient (Wildman–Crippen LogP) is 2.58. The Morgan fingerprint density at radius 1 is 1.06 bits per heavy atom. The molecule has 4 rings (SSSR count). The van der Waals surface area contributed by atoms with Gasteiger partial charge in [0.2, 0.25) is 5.91 Å². The van der Waals surface area contributed by atoms with Gasteiger partial charge < -0.3 is 26.0 Å². The standard InChI is InChI=1S/C25H30N4O4/c1-16-2-4-17(5-3-16)21(15-23(30)31)27-24(32)19-8-9-22(20(26)14-19)28-10-12-29(13-11-28)25(33)18-6-7-18/h2-5,8-9,14,18,21H,6-7,10-13,15,26H2,1H3,(H,27,32)(H,30,31). The van der Waals surface area contributed by atoms with Crippen LogP contribution in [0, 0.1) is 12.8 Å². The summed E-state index contributed by atoms with van der Waals surface area (Å²) in [5.74, 6) is -0.876. The second-order valence-corrected chi connectivity index (χ2v) is 8.89. The van der Waals surface area contributed by atoms with E-state index in [2.05, 4.69) is 10.2 Å². The molecule has 1 heterocycles. The summed E-state index contributed by atoms with van der Waals surface area (Å²) in [6.45, 7) is 4.68. The molecule has 1 saturated carbocycles. The van der Waals surface area contributed by atoms with Gasteiger partial charge in [-0.05, 0) is 43.5 Å². The molecule has 0 aromatic heterocycles. The lowest BCUT2D eigenvalue weighted by molar-refractivity contribution is -0.137. The van der Waals surface area contributed by atoms with E-state index in [1.807, 2.05) is 42.2 Å². The van der Waals surface area contributed by atoms with Gasteiger partial charge in [0, 0.05) is 37.7 Å². The molecule has 8 nitrogen and oxygen atoms in total. The zero-order valence-corrected chi connectivity index (χ0v) is 18.8. The highest BCUT2D eigenvalue weighted by atomic mass is 16.4. The summed E-state index contributed by atoms with van der Waals surface area (Å²) >= 11 is 0. The summed E-state index contributed by atoms with van der Waals surface area (Å²) in [5, 5.41) is 12.1. The number of benzene rings is 2. The maximum Gasteiger partial charge on any atom is 0.305 e. The van der Waals surface area contributed by atoms with E-state index in [9.17, 15) is 19.5 Å². The first-order valence-electron chi connectivity index (χ1n) is 11.3. The van der Waals surface area contributed by atoms with E-state index < -0.39 is 12.0 Å². The van der Waals surface area contributed by atoms with Gasteiger partial charge in [0.15, 0.2) is 0 Å². The third kappa shape index (κ3) is 5.45. The van der Waals surface area contributed by atoms with Gasteiger partial charge in [-0.3, -0.25) is 14.4 Å². The van der Waals surface area contributed by atoms with Gasteiger partial charge in [-0.15, -0.1) is 0 Å². The molecule has 1 atom stereocenters. The minimum Gasteiger partial charge on any atom is -0.481 e. The number of piperazine rings is 1. The van der Waals surface area contributed by atoms with E-state index in [0.717, 1.165) is 29.7 Å². The number of amides is 2. The number of nitrogens with two attached hydrogens (primary N) is 1. The number of carboxylic acid groups (broad SMARTS) is 1. The van der Waals surface area contributed by atoms with Gasteiger partial charge in [0.1, 0.15) is 0 Å². The second kappa shape index (κ2) is 9.52. The molecule has 2 aromatic rings. The Labute approximate surface area is 193 Å². The van der Waals surface area contributed by atoms with Gasteiger partial charge >= 0.3 is 5.97 Å². The maximum absolute atomic E-state index is 12.9. The van der Waals surface area contributed by atoms with Gasteiger partial charge in [-0.1, -0.05) is 29.8 Å². The number of anilines is 2. The highest BCUT2D eigenvalue weighted by molar-refractivity contribution is 5.96. The quantitative estimate of drug-likeness (QED) is 0.559. The minimum absolute atomic E-state index is 0.216. The molecule has 174 valence electrons. The molecule has 0 radical (unpaired) electrons. The summed E-state index contributed by atoms with van der Waals surface area (Å²) in [4.78, 5) is 40.6. The molecule has 4 N–H and O–H groups in total. The van der Waals surface area contributed by atoms with Gasteiger partial charge in [-0.25, -0.2) is 0 Å². The zero-order chi connectivity index (χ0) is 23.5. The number of aliphatic carboxylic acids is 1. The Kier molecular flexibility index (Phi) is 6.53. The van der Waals surface area contributed by atoms with Crippen LogP contribution in [0.4, 0.5) is 11.4 Å². The Hall–Kier alpha value is -3.55. The van der Waals surface area contributed by atoms with Gasteiger partial charge in [-0.2, -0.15) is 0 Å². The van der Waals surface area contributed by atoms with Crippen LogP contribution in [0.3, 0.4) is 0 Å². The summed E-state index contributed by atoms with van der Waals surface area (Å²) in [5.41, 5.74) is 9.77. The summed E-state index contributed by atoms with van der Waals surface area (Å²) < 4.78 is 0. The molecule has 2 aromatic carbocycles. The smallest absolute Gasteiger partial charge is 0.305 e. The number of rotatable bonds is 7. The summed E-state index contributed by atoms with van der Waals surface area (Å²) in [7, 11) is 0. The van der Waals surface area contributed by atoms with Crippen molar-refractivity contribution in [1.82, 2.24) is 10.2 Å². The molecule has 8 heteroatoms. The average Bonchev–Trinajstić information content (AvgIpc) is 3.64. The van der Waals surface area contributed by atoms with Crippen LogP contribution in [0.25, 0.3) is 0 Å².